The lowest BCUT2D eigenvalue weighted by Gasteiger charge is -2.30. The van der Waals surface area contributed by atoms with Gasteiger partial charge >= 0.3 is 6.01 Å². The molecule has 1 fully saturated rings. The number of hydrogen-bond acceptors (Lipinski definition) is 6. The normalized spacial score (nSPS) is 19.5. The Hall–Kier alpha value is -2.00. The first-order valence-corrected chi connectivity index (χ1v) is 9.38. The summed E-state index contributed by atoms with van der Waals surface area (Å²) in [5.74, 6) is 0. The summed E-state index contributed by atoms with van der Waals surface area (Å²) in [4.78, 5) is 12.1. The maximum atomic E-state index is 12.8. The van der Waals surface area contributed by atoms with Crippen molar-refractivity contribution in [3.63, 3.8) is 0 Å². The first-order chi connectivity index (χ1) is 11.5. The predicted molar refractivity (Wildman–Crippen MR) is 87.1 cm³/mol. The minimum Gasteiger partial charge on any atom is -0.459 e. The van der Waals surface area contributed by atoms with Crippen molar-refractivity contribution >= 4 is 10.0 Å². The molecule has 3 heterocycles. The molecule has 1 atom stereocenters. The third-order valence-corrected chi connectivity index (χ3v) is 5.68. The molecule has 8 nitrogen and oxygen atoms in total. The lowest BCUT2D eigenvalue weighted by Crippen LogP contribution is -2.44. The molecule has 9 heteroatoms. The van der Waals surface area contributed by atoms with Gasteiger partial charge in [-0.2, -0.15) is 4.31 Å². The van der Waals surface area contributed by atoms with Crippen molar-refractivity contribution in [3.8, 4) is 6.01 Å². The fourth-order valence-electron chi connectivity index (χ4n) is 2.58. The van der Waals surface area contributed by atoms with Gasteiger partial charge in [-0.15, -0.1) is 0 Å². The molecule has 1 saturated heterocycles. The van der Waals surface area contributed by atoms with Crippen molar-refractivity contribution in [1.82, 2.24) is 23.8 Å². The van der Waals surface area contributed by atoms with E-state index in [4.69, 9.17) is 4.74 Å². The van der Waals surface area contributed by atoms with Crippen LogP contribution in [0.25, 0.3) is 0 Å². The number of rotatable bonds is 5. The number of aromatic nitrogens is 4. The summed E-state index contributed by atoms with van der Waals surface area (Å²) in [5.41, 5.74) is 0. The van der Waals surface area contributed by atoms with Crippen LogP contribution in [0.1, 0.15) is 32.7 Å². The molecule has 2 aromatic heterocycles. The van der Waals surface area contributed by atoms with Crippen molar-refractivity contribution in [2.24, 2.45) is 0 Å². The fourth-order valence-corrected chi connectivity index (χ4v) is 4.01. The summed E-state index contributed by atoms with van der Waals surface area (Å²) >= 11 is 0. The number of sulfonamides is 1. The second-order valence-corrected chi connectivity index (χ2v) is 7.91. The zero-order chi connectivity index (χ0) is 17.2. The molecule has 0 spiro atoms. The molecule has 130 valence electrons. The van der Waals surface area contributed by atoms with E-state index < -0.39 is 10.0 Å². The van der Waals surface area contributed by atoms with E-state index in [0.717, 1.165) is 12.8 Å². The Morgan fingerprint density at radius 1 is 1.25 bits per heavy atom. The van der Waals surface area contributed by atoms with Gasteiger partial charge in [0.1, 0.15) is 6.10 Å². The van der Waals surface area contributed by atoms with E-state index in [-0.39, 0.29) is 29.7 Å². The first-order valence-electron chi connectivity index (χ1n) is 7.94. The quantitative estimate of drug-likeness (QED) is 0.810. The Balaban J connectivity index is 1.73. The maximum Gasteiger partial charge on any atom is 0.316 e. The van der Waals surface area contributed by atoms with E-state index in [0.29, 0.717) is 6.54 Å². The van der Waals surface area contributed by atoms with Gasteiger partial charge in [-0.3, -0.25) is 0 Å². The second-order valence-electron chi connectivity index (χ2n) is 6.03. The van der Waals surface area contributed by atoms with Crippen LogP contribution in [0.4, 0.5) is 0 Å². The van der Waals surface area contributed by atoms with Crippen molar-refractivity contribution in [3.05, 3.63) is 31.0 Å². The molecule has 0 aliphatic carbocycles. The van der Waals surface area contributed by atoms with Gasteiger partial charge in [-0.25, -0.2) is 23.4 Å². The van der Waals surface area contributed by atoms with Gasteiger partial charge in [-0.1, -0.05) is 0 Å². The monoisotopic (exact) mass is 351 g/mol. The average molecular weight is 351 g/mol. The van der Waals surface area contributed by atoms with Gasteiger partial charge < -0.3 is 9.30 Å². The number of hydrogen-bond donors (Lipinski definition) is 0. The Morgan fingerprint density at radius 3 is 2.67 bits per heavy atom. The van der Waals surface area contributed by atoms with E-state index in [1.54, 1.807) is 35.6 Å². The Kier molecular flexibility index (Phi) is 4.81. The molecule has 0 radical (unpaired) electrons. The van der Waals surface area contributed by atoms with E-state index >= 15 is 0 Å². The highest BCUT2D eigenvalue weighted by molar-refractivity contribution is 7.89. The standard InChI is InChI=1S/C15H21N5O3S/c1-12(2)19-10-14(18-11-19)24(21,22)20-8-3-5-13(9-20)23-15-16-6-4-7-17-15/h4,6-7,10-13H,3,5,8-9H2,1-2H3. The average Bonchev–Trinajstić information content (AvgIpc) is 3.07. The van der Waals surface area contributed by atoms with Crippen LogP contribution >= 0.6 is 0 Å². The number of nitrogens with zero attached hydrogens (tertiary/aromatic N) is 5. The van der Waals surface area contributed by atoms with Gasteiger partial charge in [0.15, 0.2) is 5.03 Å². The zero-order valence-electron chi connectivity index (χ0n) is 13.7. The molecule has 1 aliphatic heterocycles. The molecule has 0 saturated carbocycles. The molecule has 0 N–H and O–H groups in total. The molecule has 3 rings (SSSR count). The molecule has 0 aromatic carbocycles. The summed E-state index contributed by atoms with van der Waals surface area (Å²) in [5, 5.41) is 0.0767. The largest absolute Gasteiger partial charge is 0.459 e. The lowest BCUT2D eigenvalue weighted by molar-refractivity contribution is 0.119. The van der Waals surface area contributed by atoms with Crippen LogP contribution in [-0.2, 0) is 10.0 Å². The molecule has 0 bridgehead atoms. The number of piperidine rings is 1. The Bertz CT molecular complexity index is 775. The van der Waals surface area contributed by atoms with E-state index in [2.05, 4.69) is 15.0 Å². The van der Waals surface area contributed by atoms with Crippen LogP contribution in [0.3, 0.4) is 0 Å². The first kappa shape index (κ1) is 16.8. The third-order valence-electron chi connectivity index (χ3n) is 3.93. The molecule has 1 unspecified atom stereocenters. The second kappa shape index (κ2) is 6.86. The SMILES string of the molecule is CC(C)n1cnc(S(=O)(=O)N2CCCC(Oc3ncccn3)C2)c1. The van der Waals surface area contributed by atoms with Gasteiger partial charge in [0.25, 0.3) is 10.0 Å². The number of ether oxygens (including phenoxy) is 1. The summed E-state index contributed by atoms with van der Waals surface area (Å²) in [7, 11) is -3.62. The molecular weight excluding hydrogens is 330 g/mol. The highest BCUT2D eigenvalue weighted by Gasteiger charge is 2.33. The summed E-state index contributed by atoms with van der Waals surface area (Å²) in [6.45, 7) is 4.69. The topological polar surface area (TPSA) is 90.2 Å². The Labute approximate surface area is 141 Å². The minimum atomic E-state index is -3.62. The van der Waals surface area contributed by atoms with Crippen LogP contribution in [-0.4, -0.2) is 51.4 Å². The maximum absolute atomic E-state index is 12.8. The molecule has 1 aliphatic rings. The molecule has 24 heavy (non-hydrogen) atoms. The summed E-state index contributed by atoms with van der Waals surface area (Å²) < 4.78 is 34.5. The van der Waals surface area contributed by atoms with Crippen LogP contribution in [0, 0.1) is 0 Å². The van der Waals surface area contributed by atoms with Crippen molar-refractivity contribution < 1.29 is 13.2 Å². The zero-order valence-corrected chi connectivity index (χ0v) is 14.6. The molecular formula is C15H21N5O3S. The predicted octanol–water partition coefficient (Wildman–Crippen LogP) is 1.49. The molecule has 2 aromatic rings. The van der Waals surface area contributed by atoms with Crippen molar-refractivity contribution in [1.29, 1.82) is 0 Å². The molecule has 0 amide bonds. The minimum absolute atomic E-state index is 0.0767. The highest BCUT2D eigenvalue weighted by atomic mass is 32.2. The smallest absolute Gasteiger partial charge is 0.316 e. The third kappa shape index (κ3) is 3.57. The van der Waals surface area contributed by atoms with E-state index in [9.17, 15) is 8.42 Å². The fraction of sp³-hybridized carbons (Fsp3) is 0.533. The van der Waals surface area contributed by atoms with Crippen LogP contribution in [0.15, 0.2) is 36.0 Å². The highest BCUT2D eigenvalue weighted by Crippen LogP contribution is 2.22. The van der Waals surface area contributed by atoms with Gasteiger partial charge in [-0.05, 0) is 32.8 Å². The Morgan fingerprint density at radius 2 is 2.00 bits per heavy atom. The lowest BCUT2D eigenvalue weighted by atomic mass is 10.1. The van der Waals surface area contributed by atoms with Crippen molar-refractivity contribution in [2.45, 2.75) is 43.9 Å². The van der Waals surface area contributed by atoms with Gasteiger partial charge in [0.05, 0.1) is 12.9 Å². The summed E-state index contributed by atoms with van der Waals surface area (Å²) in [6, 6.07) is 2.13. The number of imidazole rings is 1. The van der Waals surface area contributed by atoms with Crippen LogP contribution in [0.5, 0.6) is 6.01 Å². The van der Waals surface area contributed by atoms with Crippen LogP contribution in [0.2, 0.25) is 0 Å². The summed E-state index contributed by atoms with van der Waals surface area (Å²) in [6.07, 6.45) is 7.55. The van der Waals surface area contributed by atoms with Gasteiger partial charge in [0.2, 0.25) is 0 Å². The van der Waals surface area contributed by atoms with Gasteiger partial charge in [0, 0.05) is 31.2 Å². The van der Waals surface area contributed by atoms with E-state index in [1.807, 2.05) is 13.8 Å². The van der Waals surface area contributed by atoms with Crippen molar-refractivity contribution in [2.75, 3.05) is 13.1 Å². The van der Waals surface area contributed by atoms with Crippen LogP contribution < -0.4 is 4.74 Å². The van der Waals surface area contributed by atoms with E-state index in [1.165, 1.54) is 4.31 Å².